The number of nitrogens with one attached hydrogen (secondary N) is 1. The fourth-order valence-corrected chi connectivity index (χ4v) is 2.63. The quantitative estimate of drug-likeness (QED) is 0.533. The van der Waals surface area contributed by atoms with Gasteiger partial charge >= 0.3 is 0 Å². The zero-order valence-corrected chi connectivity index (χ0v) is 16.3. The van der Waals surface area contributed by atoms with E-state index in [-0.39, 0.29) is 5.57 Å². The van der Waals surface area contributed by atoms with E-state index in [4.69, 9.17) is 14.2 Å². The van der Waals surface area contributed by atoms with Crippen molar-refractivity contribution in [2.24, 2.45) is 0 Å². The molecule has 0 saturated carbocycles. The van der Waals surface area contributed by atoms with Gasteiger partial charge < -0.3 is 19.5 Å². The Morgan fingerprint density at radius 3 is 2.61 bits per heavy atom. The topological polar surface area (TPSA) is 80.6 Å². The summed E-state index contributed by atoms with van der Waals surface area (Å²) in [6, 6.07) is 14.8. The highest BCUT2D eigenvalue weighted by Crippen LogP contribution is 2.27. The average Bonchev–Trinajstić information content (AvgIpc) is 2.72. The van der Waals surface area contributed by atoms with Gasteiger partial charge in [0.25, 0.3) is 5.91 Å². The summed E-state index contributed by atoms with van der Waals surface area (Å²) in [5, 5.41) is 12.1. The first-order valence-electron chi connectivity index (χ1n) is 8.95. The number of benzene rings is 2. The molecule has 2 rings (SSSR count). The molecule has 0 heterocycles. The van der Waals surface area contributed by atoms with Crippen LogP contribution in [0.3, 0.4) is 0 Å². The molecule has 1 N–H and O–H groups in total. The lowest BCUT2D eigenvalue weighted by Crippen LogP contribution is -2.26. The Morgan fingerprint density at radius 1 is 1.14 bits per heavy atom. The minimum atomic E-state index is -0.412. The third kappa shape index (κ3) is 5.78. The first-order chi connectivity index (χ1) is 13.6. The van der Waals surface area contributed by atoms with Gasteiger partial charge in [-0.2, -0.15) is 5.26 Å². The van der Waals surface area contributed by atoms with Crippen molar-refractivity contribution < 1.29 is 19.0 Å². The zero-order chi connectivity index (χ0) is 20.4. The Hall–Kier alpha value is -3.46. The van der Waals surface area contributed by atoms with Crippen LogP contribution in [0, 0.1) is 11.3 Å². The van der Waals surface area contributed by atoms with Gasteiger partial charge in [0, 0.05) is 6.54 Å². The Balaban J connectivity index is 1.99. The largest absolute Gasteiger partial charge is 0.494 e. The fourth-order valence-electron chi connectivity index (χ4n) is 2.63. The third-order valence-corrected chi connectivity index (χ3v) is 3.99. The van der Waals surface area contributed by atoms with E-state index in [1.54, 1.807) is 26.4 Å². The number of nitriles is 1. The number of nitrogens with zero attached hydrogens (tertiary/aromatic N) is 1. The number of carbonyl (C=O) groups excluding carboxylic acids is 1. The maximum absolute atomic E-state index is 12.3. The molecule has 0 saturated heterocycles. The molecule has 0 bridgehead atoms. The van der Waals surface area contributed by atoms with Crippen LogP contribution in [0.25, 0.3) is 6.08 Å². The van der Waals surface area contributed by atoms with Crippen molar-refractivity contribution >= 4 is 12.0 Å². The monoisotopic (exact) mass is 380 g/mol. The van der Waals surface area contributed by atoms with E-state index >= 15 is 0 Å². The minimum Gasteiger partial charge on any atom is -0.494 e. The van der Waals surface area contributed by atoms with Crippen LogP contribution in [0.15, 0.2) is 48.0 Å². The zero-order valence-electron chi connectivity index (χ0n) is 16.3. The van der Waals surface area contributed by atoms with Crippen LogP contribution in [-0.2, 0) is 11.2 Å². The molecule has 2 aromatic carbocycles. The predicted molar refractivity (Wildman–Crippen MR) is 107 cm³/mol. The summed E-state index contributed by atoms with van der Waals surface area (Å²) in [6.07, 6.45) is 2.15. The number of hydrogen-bond donors (Lipinski definition) is 1. The molecule has 0 aliphatic rings. The summed E-state index contributed by atoms with van der Waals surface area (Å²) in [6.45, 7) is 2.84. The van der Waals surface area contributed by atoms with Crippen LogP contribution < -0.4 is 19.5 Å². The minimum absolute atomic E-state index is 0.0426. The van der Waals surface area contributed by atoms with Crippen molar-refractivity contribution in [1.29, 1.82) is 5.26 Å². The van der Waals surface area contributed by atoms with E-state index < -0.39 is 5.91 Å². The van der Waals surface area contributed by atoms with Crippen molar-refractivity contribution in [1.82, 2.24) is 5.32 Å². The van der Waals surface area contributed by atoms with Crippen molar-refractivity contribution in [3.05, 3.63) is 59.2 Å². The lowest BCUT2D eigenvalue weighted by atomic mass is 10.1. The molecule has 146 valence electrons. The average molecular weight is 380 g/mol. The standard InChI is InChI=1S/C22H24N2O4/c1-4-28-19-7-5-6-17(13-19)12-18(15-23)22(25)24-11-10-16-8-9-20(26-2)21(14-16)27-3/h5-9,12-14H,4,10-11H2,1-3H3,(H,24,25)/b18-12+. The molecule has 0 unspecified atom stereocenters. The molecule has 0 atom stereocenters. The fraction of sp³-hybridized carbons (Fsp3) is 0.273. The number of rotatable bonds is 9. The van der Waals surface area contributed by atoms with Gasteiger partial charge in [0.1, 0.15) is 17.4 Å². The highest BCUT2D eigenvalue weighted by molar-refractivity contribution is 6.01. The molecule has 0 aliphatic carbocycles. The van der Waals surface area contributed by atoms with E-state index in [1.807, 2.05) is 49.4 Å². The molecule has 0 radical (unpaired) electrons. The molecule has 2 aromatic rings. The van der Waals surface area contributed by atoms with Crippen LogP contribution in [0.5, 0.6) is 17.2 Å². The second-order valence-electron chi connectivity index (χ2n) is 5.87. The van der Waals surface area contributed by atoms with E-state index in [0.717, 1.165) is 11.1 Å². The van der Waals surface area contributed by atoms with Gasteiger partial charge in [-0.05, 0) is 54.8 Å². The molecule has 6 heteroatoms. The van der Waals surface area contributed by atoms with E-state index in [1.165, 1.54) is 0 Å². The molecule has 0 fully saturated rings. The Bertz CT molecular complexity index is 884. The molecular formula is C22H24N2O4. The van der Waals surface area contributed by atoms with Gasteiger partial charge in [0.15, 0.2) is 11.5 Å². The number of methoxy groups -OCH3 is 2. The molecule has 1 amide bonds. The summed E-state index contributed by atoms with van der Waals surface area (Å²) in [5.74, 6) is 1.57. The van der Waals surface area contributed by atoms with Crippen LogP contribution in [0.1, 0.15) is 18.1 Å². The van der Waals surface area contributed by atoms with Crippen molar-refractivity contribution in [3.8, 4) is 23.3 Å². The van der Waals surface area contributed by atoms with Gasteiger partial charge in [-0.3, -0.25) is 4.79 Å². The van der Waals surface area contributed by atoms with Gasteiger partial charge in [-0.1, -0.05) is 18.2 Å². The summed E-state index contributed by atoms with van der Waals surface area (Å²) < 4.78 is 15.9. The Labute approximate surface area is 165 Å². The number of hydrogen-bond acceptors (Lipinski definition) is 5. The van der Waals surface area contributed by atoms with Crippen molar-refractivity contribution in [2.75, 3.05) is 27.4 Å². The highest BCUT2D eigenvalue weighted by Gasteiger charge is 2.10. The smallest absolute Gasteiger partial charge is 0.261 e. The molecular weight excluding hydrogens is 356 g/mol. The second kappa shape index (κ2) is 10.6. The maximum atomic E-state index is 12.3. The first-order valence-corrected chi connectivity index (χ1v) is 8.95. The Kier molecular flexibility index (Phi) is 7.92. The second-order valence-corrected chi connectivity index (χ2v) is 5.87. The number of amides is 1. The summed E-state index contributed by atoms with van der Waals surface area (Å²) >= 11 is 0. The first kappa shape index (κ1) is 20.8. The van der Waals surface area contributed by atoms with Crippen LogP contribution in [0.2, 0.25) is 0 Å². The lowest BCUT2D eigenvalue weighted by Gasteiger charge is -2.10. The normalized spacial score (nSPS) is 10.7. The van der Waals surface area contributed by atoms with E-state index in [0.29, 0.717) is 36.8 Å². The summed E-state index contributed by atoms with van der Waals surface area (Å²) in [5.41, 5.74) is 1.77. The van der Waals surface area contributed by atoms with E-state index in [2.05, 4.69) is 5.32 Å². The van der Waals surface area contributed by atoms with Gasteiger partial charge in [-0.15, -0.1) is 0 Å². The summed E-state index contributed by atoms with van der Waals surface area (Å²) in [7, 11) is 3.16. The predicted octanol–water partition coefficient (Wildman–Crippen LogP) is 3.37. The highest BCUT2D eigenvalue weighted by atomic mass is 16.5. The molecule has 28 heavy (non-hydrogen) atoms. The number of carbonyl (C=O) groups is 1. The van der Waals surface area contributed by atoms with Crippen molar-refractivity contribution in [2.45, 2.75) is 13.3 Å². The maximum Gasteiger partial charge on any atom is 0.261 e. The van der Waals surface area contributed by atoms with Crippen molar-refractivity contribution in [3.63, 3.8) is 0 Å². The molecule has 0 spiro atoms. The van der Waals surface area contributed by atoms with Gasteiger partial charge in [-0.25, -0.2) is 0 Å². The summed E-state index contributed by atoms with van der Waals surface area (Å²) in [4.78, 5) is 12.3. The molecule has 0 aliphatic heterocycles. The van der Waals surface area contributed by atoms with Gasteiger partial charge in [0.05, 0.1) is 20.8 Å². The Morgan fingerprint density at radius 2 is 1.93 bits per heavy atom. The molecule has 6 nitrogen and oxygen atoms in total. The van der Waals surface area contributed by atoms with Crippen LogP contribution >= 0.6 is 0 Å². The number of ether oxygens (including phenoxy) is 3. The van der Waals surface area contributed by atoms with Crippen LogP contribution in [-0.4, -0.2) is 33.3 Å². The van der Waals surface area contributed by atoms with E-state index in [9.17, 15) is 10.1 Å². The molecule has 0 aromatic heterocycles. The lowest BCUT2D eigenvalue weighted by molar-refractivity contribution is -0.117. The third-order valence-electron chi connectivity index (χ3n) is 3.99. The van der Waals surface area contributed by atoms with Crippen LogP contribution in [0.4, 0.5) is 0 Å². The SMILES string of the molecule is CCOc1cccc(/C=C(\C#N)C(=O)NCCc2ccc(OC)c(OC)c2)c1. The van der Waals surface area contributed by atoms with Gasteiger partial charge in [0.2, 0.25) is 0 Å².